The van der Waals surface area contributed by atoms with Gasteiger partial charge in [-0.15, -0.1) is 0 Å². The van der Waals surface area contributed by atoms with Gasteiger partial charge in [0.1, 0.15) is 0 Å². The Morgan fingerprint density at radius 2 is 1.87 bits per heavy atom. The zero-order valence-corrected chi connectivity index (χ0v) is 17.0. The van der Waals surface area contributed by atoms with Crippen LogP contribution in [0, 0.1) is 16.7 Å². The van der Waals surface area contributed by atoms with E-state index in [-0.39, 0.29) is 0 Å². The molecule has 1 fully saturated rings. The summed E-state index contributed by atoms with van der Waals surface area (Å²) in [5.74, 6) is 1.92. The quantitative estimate of drug-likeness (QED) is 0.547. The van der Waals surface area contributed by atoms with Crippen LogP contribution in [0.1, 0.15) is 87.0 Å². The lowest BCUT2D eigenvalue weighted by molar-refractivity contribution is 0.159. The van der Waals surface area contributed by atoms with Crippen LogP contribution >= 0.6 is 0 Å². The second kappa shape index (κ2) is 8.44. The van der Waals surface area contributed by atoms with E-state index in [0.717, 1.165) is 18.3 Å². The Balaban J connectivity index is 2.50. The molecule has 0 radical (unpaired) electrons. The van der Waals surface area contributed by atoms with Gasteiger partial charge in [-0.05, 0) is 48.9 Å². The molecule has 1 heterocycles. The molecule has 0 aromatic heterocycles. The first kappa shape index (κ1) is 20.4. The summed E-state index contributed by atoms with van der Waals surface area (Å²) in [7, 11) is 0. The Bertz CT molecular complexity index is 368. The molecular formula is C21H42N2. The van der Waals surface area contributed by atoms with Crippen LogP contribution in [0.25, 0.3) is 0 Å². The van der Waals surface area contributed by atoms with Crippen LogP contribution in [0.3, 0.4) is 0 Å². The lowest BCUT2D eigenvalue weighted by atomic mass is 9.71. The molecule has 1 unspecified atom stereocenters. The highest BCUT2D eigenvalue weighted by atomic mass is 15.3. The molecule has 0 bridgehead atoms. The summed E-state index contributed by atoms with van der Waals surface area (Å²) in [6, 6.07) is 0.709. The van der Waals surface area contributed by atoms with Crippen LogP contribution in [-0.4, -0.2) is 24.0 Å². The SMILES string of the molecule is C=C(NCC(C)(C)CC(C)(C)CC(C)C)N1CCCC1CCC. The van der Waals surface area contributed by atoms with E-state index in [1.807, 2.05) is 0 Å². The highest BCUT2D eigenvalue weighted by molar-refractivity contribution is 4.99. The first-order valence-electron chi connectivity index (χ1n) is 9.76. The van der Waals surface area contributed by atoms with Gasteiger partial charge in [-0.25, -0.2) is 0 Å². The van der Waals surface area contributed by atoms with E-state index >= 15 is 0 Å². The predicted molar refractivity (Wildman–Crippen MR) is 103 cm³/mol. The van der Waals surface area contributed by atoms with Gasteiger partial charge in [0.2, 0.25) is 0 Å². The van der Waals surface area contributed by atoms with Crippen molar-refractivity contribution in [1.29, 1.82) is 0 Å². The maximum absolute atomic E-state index is 4.33. The van der Waals surface area contributed by atoms with Gasteiger partial charge < -0.3 is 10.2 Å². The molecule has 2 nitrogen and oxygen atoms in total. The highest BCUT2D eigenvalue weighted by Gasteiger charge is 2.30. The van der Waals surface area contributed by atoms with Gasteiger partial charge in [0.05, 0.1) is 5.82 Å². The van der Waals surface area contributed by atoms with Crippen LogP contribution in [0.2, 0.25) is 0 Å². The van der Waals surface area contributed by atoms with Gasteiger partial charge in [0, 0.05) is 19.1 Å². The fourth-order valence-electron chi connectivity index (χ4n) is 4.80. The van der Waals surface area contributed by atoms with Crippen LogP contribution in [0.5, 0.6) is 0 Å². The Labute approximate surface area is 146 Å². The van der Waals surface area contributed by atoms with Crippen molar-refractivity contribution < 1.29 is 0 Å². The van der Waals surface area contributed by atoms with E-state index < -0.39 is 0 Å². The molecule has 23 heavy (non-hydrogen) atoms. The Morgan fingerprint density at radius 1 is 1.22 bits per heavy atom. The average Bonchev–Trinajstić information content (AvgIpc) is 2.81. The van der Waals surface area contributed by atoms with E-state index in [1.165, 1.54) is 45.1 Å². The highest BCUT2D eigenvalue weighted by Crippen LogP contribution is 2.38. The summed E-state index contributed by atoms with van der Waals surface area (Å²) < 4.78 is 0. The molecule has 1 atom stereocenters. The second-order valence-electron chi connectivity index (χ2n) is 9.68. The topological polar surface area (TPSA) is 15.3 Å². The zero-order valence-electron chi connectivity index (χ0n) is 17.0. The van der Waals surface area contributed by atoms with E-state index in [0.29, 0.717) is 16.9 Å². The van der Waals surface area contributed by atoms with Crippen molar-refractivity contribution in [2.45, 2.75) is 93.0 Å². The monoisotopic (exact) mass is 322 g/mol. The smallest absolute Gasteiger partial charge is 0.0941 e. The van der Waals surface area contributed by atoms with Crippen molar-refractivity contribution in [3.63, 3.8) is 0 Å². The Kier molecular flexibility index (Phi) is 7.48. The standard InChI is InChI=1S/C21H42N2/c1-9-11-19-12-10-13-23(19)18(4)22-16-21(7,8)15-20(5,6)14-17(2)3/h17,19,22H,4,9-16H2,1-3,5-8H3. The van der Waals surface area contributed by atoms with Crippen molar-refractivity contribution in [2.24, 2.45) is 16.7 Å². The minimum absolute atomic E-state index is 0.293. The molecule has 0 spiro atoms. The second-order valence-corrected chi connectivity index (χ2v) is 9.68. The van der Waals surface area contributed by atoms with Crippen molar-refractivity contribution in [3.8, 4) is 0 Å². The predicted octanol–water partition coefficient (Wildman–Crippen LogP) is 5.80. The first-order valence-corrected chi connectivity index (χ1v) is 9.76. The van der Waals surface area contributed by atoms with Crippen molar-refractivity contribution >= 4 is 0 Å². The molecule has 0 aromatic rings. The van der Waals surface area contributed by atoms with Crippen LogP contribution in [0.15, 0.2) is 12.4 Å². The van der Waals surface area contributed by atoms with E-state index in [9.17, 15) is 0 Å². The Morgan fingerprint density at radius 3 is 2.43 bits per heavy atom. The summed E-state index contributed by atoms with van der Waals surface area (Å²) in [4.78, 5) is 2.51. The molecule has 0 amide bonds. The fraction of sp³-hybridized carbons (Fsp3) is 0.905. The van der Waals surface area contributed by atoms with E-state index in [1.54, 1.807) is 0 Å². The van der Waals surface area contributed by atoms with E-state index in [4.69, 9.17) is 0 Å². The van der Waals surface area contributed by atoms with Crippen molar-refractivity contribution in [3.05, 3.63) is 12.4 Å². The summed E-state index contributed by atoms with van der Waals surface area (Å²) in [5.41, 5.74) is 0.695. The summed E-state index contributed by atoms with van der Waals surface area (Å²) >= 11 is 0. The summed E-state index contributed by atoms with van der Waals surface area (Å²) in [6.45, 7) is 23.1. The van der Waals surface area contributed by atoms with Crippen molar-refractivity contribution in [2.75, 3.05) is 13.1 Å². The van der Waals surface area contributed by atoms with Gasteiger partial charge in [-0.2, -0.15) is 0 Å². The third kappa shape index (κ3) is 7.18. The summed E-state index contributed by atoms with van der Waals surface area (Å²) in [6.07, 6.45) is 7.75. The minimum atomic E-state index is 0.293. The lowest BCUT2D eigenvalue weighted by Crippen LogP contribution is -2.40. The molecule has 1 aliphatic heterocycles. The van der Waals surface area contributed by atoms with E-state index in [2.05, 4.69) is 65.3 Å². The molecule has 0 aromatic carbocycles. The van der Waals surface area contributed by atoms with Gasteiger partial charge in [-0.3, -0.25) is 0 Å². The first-order chi connectivity index (χ1) is 10.6. The maximum Gasteiger partial charge on any atom is 0.0941 e. The minimum Gasteiger partial charge on any atom is -0.372 e. The van der Waals surface area contributed by atoms with Crippen LogP contribution in [-0.2, 0) is 0 Å². The third-order valence-corrected chi connectivity index (χ3v) is 5.03. The fourth-order valence-corrected chi connectivity index (χ4v) is 4.80. The molecule has 1 rings (SSSR count). The Hall–Kier alpha value is -0.660. The number of nitrogens with zero attached hydrogens (tertiary/aromatic N) is 1. The van der Waals surface area contributed by atoms with Crippen LogP contribution < -0.4 is 5.32 Å². The summed E-state index contributed by atoms with van der Waals surface area (Å²) in [5, 5.41) is 3.66. The molecule has 0 saturated carbocycles. The molecule has 0 aliphatic carbocycles. The molecule has 1 aliphatic rings. The average molecular weight is 323 g/mol. The number of hydrogen-bond donors (Lipinski definition) is 1. The maximum atomic E-state index is 4.33. The molecule has 1 saturated heterocycles. The lowest BCUT2D eigenvalue weighted by Gasteiger charge is -2.38. The van der Waals surface area contributed by atoms with Gasteiger partial charge in [0.15, 0.2) is 0 Å². The normalized spacial score (nSPS) is 19.5. The van der Waals surface area contributed by atoms with Gasteiger partial charge in [-0.1, -0.05) is 61.5 Å². The molecule has 136 valence electrons. The van der Waals surface area contributed by atoms with Gasteiger partial charge >= 0.3 is 0 Å². The number of hydrogen-bond acceptors (Lipinski definition) is 2. The zero-order chi connectivity index (χ0) is 17.7. The number of likely N-dealkylation sites (tertiary alicyclic amines) is 1. The third-order valence-electron chi connectivity index (χ3n) is 5.03. The molecule has 2 heteroatoms. The largest absolute Gasteiger partial charge is 0.372 e. The van der Waals surface area contributed by atoms with Gasteiger partial charge in [0.25, 0.3) is 0 Å². The van der Waals surface area contributed by atoms with Crippen molar-refractivity contribution in [1.82, 2.24) is 10.2 Å². The van der Waals surface area contributed by atoms with Crippen LogP contribution in [0.4, 0.5) is 0 Å². The number of rotatable bonds is 10. The number of nitrogens with one attached hydrogen (secondary N) is 1. The molecular weight excluding hydrogens is 280 g/mol. The molecule has 1 N–H and O–H groups in total.